The van der Waals surface area contributed by atoms with Crippen LogP contribution in [-0.4, -0.2) is 22.4 Å². The molecule has 2 atom stereocenters. The molecule has 2 N–H and O–H groups in total. The van der Waals surface area contributed by atoms with Gasteiger partial charge in [-0.1, -0.05) is 146 Å². The van der Waals surface area contributed by atoms with Crippen LogP contribution in [-0.2, 0) is 0 Å². The quantitative estimate of drug-likeness (QED) is 0.257. The van der Waals surface area contributed by atoms with Crippen LogP contribution in [0, 0.1) is 10.8 Å². The summed E-state index contributed by atoms with van der Waals surface area (Å²) in [5, 5.41) is 20.2. The first-order valence-corrected chi connectivity index (χ1v) is 15.5. The monoisotopic (exact) mass is 568 g/mol. The maximum atomic E-state index is 10.1. The average molecular weight is 569 g/mol. The summed E-state index contributed by atoms with van der Waals surface area (Å²) in [6, 6.07) is 0. The van der Waals surface area contributed by atoms with Crippen molar-refractivity contribution in [1.82, 2.24) is 0 Å². The molecule has 0 heterocycles. The van der Waals surface area contributed by atoms with Gasteiger partial charge >= 0.3 is 0 Å². The van der Waals surface area contributed by atoms with Gasteiger partial charge in [-0.05, 0) is 89.2 Å². The minimum atomic E-state index is -0.227. The molecule has 0 radical (unpaired) electrons. The fourth-order valence-electron chi connectivity index (χ4n) is 6.13. The zero-order chi connectivity index (χ0) is 31.5. The molecule has 2 nitrogen and oxygen atoms in total. The zero-order valence-electron chi connectivity index (χ0n) is 28.0. The van der Waals surface area contributed by atoms with Crippen molar-refractivity contribution in [2.45, 2.75) is 107 Å². The Morgan fingerprint density at radius 1 is 0.548 bits per heavy atom. The van der Waals surface area contributed by atoms with Crippen LogP contribution in [0.3, 0.4) is 0 Å². The lowest BCUT2D eigenvalue weighted by Crippen LogP contribution is -2.28. The third kappa shape index (κ3) is 11.7. The van der Waals surface area contributed by atoms with Crippen molar-refractivity contribution in [1.29, 1.82) is 0 Å². The molecule has 0 aromatic carbocycles. The minimum absolute atomic E-state index is 0.00547. The second-order valence-corrected chi connectivity index (χ2v) is 13.7. The lowest BCUT2D eigenvalue weighted by Gasteiger charge is -2.35. The van der Waals surface area contributed by atoms with Crippen molar-refractivity contribution in [2.24, 2.45) is 10.8 Å². The number of hydrogen-bond acceptors (Lipinski definition) is 2. The summed E-state index contributed by atoms with van der Waals surface area (Å²) in [6.45, 7) is 21.6. The van der Waals surface area contributed by atoms with Crippen LogP contribution < -0.4 is 0 Å². The predicted octanol–water partition coefficient (Wildman–Crippen LogP) is 10.5. The summed E-state index contributed by atoms with van der Waals surface area (Å²) in [6.07, 6.45) is 32.6. The molecular formula is C40H56O2. The summed E-state index contributed by atoms with van der Waals surface area (Å²) in [7, 11) is 0. The third-order valence-corrected chi connectivity index (χ3v) is 8.24. The van der Waals surface area contributed by atoms with Gasteiger partial charge in [-0.3, -0.25) is 0 Å². The molecule has 2 aliphatic rings. The van der Waals surface area contributed by atoms with E-state index in [-0.39, 0.29) is 23.0 Å². The van der Waals surface area contributed by atoms with Crippen molar-refractivity contribution in [3.05, 3.63) is 130 Å². The van der Waals surface area contributed by atoms with E-state index in [1.54, 1.807) is 0 Å². The molecule has 0 bridgehead atoms. The highest BCUT2D eigenvalue weighted by Crippen LogP contribution is 2.42. The molecule has 2 unspecified atom stereocenters. The first-order valence-electron chi connectivity index (χ1n) is 15.5. The Morgan fingerprint density at radius 2 is 0.857 bits per heavy atom. The number of aliphatic hydroxyl groups excluding tert-OH is 2. The van der Waals surface area contributed by atoms with Crippen LogP contribution in [0.1, 0.15) is 94.9 Å². The molecule has 0 saturated carbocycles. The molecule has 0 spiro atoms. The Balaban J connectivity index is 1.90. The highest BCUT2D eigenvalue weighted by Gasteiger charge is 2.32. The third-order valence-electron chi connectivity index (χ3n) is 8.24. The average Bonchev–Trinajstić information content (AvgIpc) is 2.84. The highest BCUT2D eigenvalue weighted by molar-refractivity contribution is 5.39. The Morgan fingerprint density at radius 3 is 1.19 bits per heavy atom. The van der Waals surface area contributed by atoms with Crippen molar-refractivity contribution in [2.75, 3.05) is 0 Å². The molecule has 2 aliphatic carbocycles. The van der Waals surface area contributed by atoms with Gasteiger partial charge in [-0.2, -0.15) is 0 Å². The normalized spacial score (nSPS) is 25.0. The fourth-order valence-corrected chi connectivity index (χ4v) is 6.13. The minimum Gasteiger partial charge on any atom is -0.393 e. The van der Waals surface area contributed by atoms with Gasteiger partial charge in [-0.25, -0.2) is 0 Å². The standard InChI is InChI=1S/C40H56O2/c1-29(17-13-19-31(3)21-23-37-33(5)25-35(41)27-39(37,7)8)15-11-12-16-30(2)18-14-20-32(4)22-24-38-34(6)26-36(42)28-40(38,9)10/h11-24,35-36,41-42H,25-28H2,1-10H3/b12-11+,17-13+,18-14+,23-21+,24-22+,29-15+,30-16+,31-19-,32-20+. The van der Waals surface area contributed by atoms with Gasteiger partial charge in [0.25, 0.3) is 0 Å². The van der Waals surface area contributed by atoms with Crippen molar-refractivity contribution in [3.8, 4) is 0 Å². The maximum Gasteiger partial charge on any atom is 0.0585 e. The van der Waals surface area contributed by atoms with Crippen LogP contribution in [0.25, 0.3) is 0 Å². The zero-order valence-corrected chi connectivity index (χ0v) is 28.0. The molecule has 0 aliphatic heterocycles. The van der Waals surface area contributed by atoms with E-state index < -0.39 is 0 Å². The first kappa shape index (κ1) is 35.3. The van der Waals surface area contributed by atoms with Gasteiger partial charge in [-0.15, -0.1) is 0 Å². The van der Waals surface area contributed by atoms with Crippen LogP contribution in [0.2, 0.25) is 0 Å². The van der Waals surface area contributed by atoms with E-state index in [2.05, 4.69) is 154 Å². The molecule has 42 heavy (non-hydrogen) atoms. The molecular weight excluding hydrogens is 512 g/mol. The summed E-state index contributed by atoms with van der Waals surface area (Å²) in [5.41, 5.74) is 10.1. The van der Waals surface area contributed by atoms with Crippen LogP contribution in [0.4, 0.5) is 0 Å². The second kappa shape index (κ2) is 16.1. The van der Waals surface area contributed by atoms with Gasteiger partial charge in [0.1, 0.15) is 0 Å². The second-order valence-electron chi connectivity index (χ2n) is 13.7. The van der Waals surface area contributed by atoms with Crippen LogP contribution >= 0.6 is 0 Å². The van der Waals surface area contributed by atoms with Gasteiger partial charge in [0.05, 0.1) is 12.2 Å². The number of aliphatic hydroxyl groups is 2. The largest absolute Gasteiger partial charge is 0.393 e. The summed E-state index contributed by atoms with van der Waals surface area (Å²) >= 11 is 0. The molecule has 228 valence electrons. The van der Waals surface area contributed by atoms with E-state index in [0.717, 1.165) is 25.7 Å². The molecule has 2 rings (SSSR count). The SMILES string of the molecule is CC1=C(/C=C/C(C)=C\C=C\C(C)=C\C=C\C=C(C)\C=C\C=C(C)\C=C\C2=C(C)CC(O)CC2(C)C)C(C)(C)CC(O)C1. The van der Waals surface area contributed by atoms with Gasteiger partial charge in [0.2, 0.25) is 0 Å². The maximum absolute atomic E-state index is 10.1. The lowest BCUT2D eigenvalue weighted by atomic mass is 9.71. The number of hydrogen-bond donors (Lipinski definition) is 2. The Bertz CT molecular complexity index is 1190. The van der Waals surface area contributed by atoms with Crippen LogP contribution in [0.15, 0.2) is 130 Å². The Labute approximate surface area is 257 Å². The van der Waals surface area contributed by atoms with E-state index in [4.69, 9.17) is 0 Å². The van der Waals surface area contributed by atoms with E-state index in [0.29, 0.717) is 0 Å². The lowest BCUT2D eigenvalue weighted by molar-refractivity contribution is 0.116. The topological polar surface area (TPSA) is 40.5 Å². The Kier molecular flexibility index (Phi) is 13.5. The van der Waals surface area contributed by atoms with Crippen molar-refractivity contribution >= 4 is 0 Å². The van der Waals surface area contributed by atoms with Crippen LogP contribution in [0.5, 0.6) is 0 Å². The number of rotatable bonds is 10. The molecule has 0 amide bonds. The van der Waals surface area contributed by atoms with Gasteiger partial charge in [0.15, 0.2) is 0 Å². The van der Waals surface area contributed by atoms with E-state index in [1.807, 2.05) is 0 Å². The smallest absolute Gasteiger partial charge is 0.0585 e. The highest BCUT2D eigenvalue weighted by atomic mass is 16.3. The molecule has 0 fully saturated rings. The van der Waals surface area contributed by atoms with Gasteiger partial charge < -0.3 is 10.2 Å². The summed E-state index contributed by atoms with van der Waals surface area (Å²) < 4.78 is 0. The van der Waals surface area contributed by atoms with Gasteiger partial charge in [0, 0.05) is 0 Å². The van der Waals surface area contributed by atoms with E-state index >= 15 is 0 Å². The first-order chi connectivity index (χ1) is 19.6. The molecule has 0 aromatic heterocycles. The van der Waals surface area contributed by atoms with E-state index in [9.17, 15) is 10.2 Å². The summed E-state index contributed by atoms with van der Waals surface area (Å²) in [5.74, 6) is 0. The van der Waals surface area contributed by atoms with E-state index in [1.165, 1.54) is 44.6 Å². The fraction of sp³-hybridized carbons (Fsp3) is 0.450. The predicted molar refractivity (Wildman–Crippen MR) is 184 cm³/mol. The summed E-state index contributed by atoms with van der Waals surface area (Å²) in [4.78, 5) is 0. The molecule has 0 saturated heterocycles. The molecule has 0 aromatic rings. The Hall–Kier alpha value is -2.94. The number of allylic oxidation sites excluding steroid dienone is 20. The molecule has 2 heteroatoms. The van der Waals surface area contributed by atoms with Crippen molar-refractivity contribution in [3.63, 3.8) is 0 Å². The van der Waals surface area contributed by atoms with Crippen molar-refractivity contribution < 1.29 is 10.2 Å².